The highest BCUT2D eigenvalue weighted by Crippen LogP contribution is 2.11. The summed E-state index contributed by atoms with van der Waals surface area (Å²) in [6.45, 7) is 3.99. The van der Waals surface area contributed by atoms with E-state index in [1.165, 1.54) is 0 Å². The van der Waals surface area contributed by atoms with E-state index in [0.29, 0.717) is 0 Å². The number of nitrogens with zero attached hydrogens (tertiary/aromatic N) is 2. The number of fused-ring (bicyclic) bond motifs is 1. The van der Waals surface area contributed by atoms with Gasteiger partial charge in [0.1, 0.15) is 0 Å². The van der Waals surface area contributed by atoms with Crippen LogP contribution in [0.4, 0.5) is 0 Å². The summed E-state index contributed by atoms with van der Waals surface area (Å²) in [4.78, 5) is 4.22. The van der Waals surface area contributed by atoms with Gasteiger partial charge in [0.05, 0.1) is 23.9 Å². The van der Waals surface area contributed by atoms with Crippen molar-refractivity contribution < 1.29 is 0 Å². The smallest absolute Gasteiger partial charge is 0.0961 e. The molecule has 11 heavy (non-hydrogen) atoms. The molecule has 0 aliphatic heterocycles. The van der Waals surface area contributed by atoms with E-state index < -0.39 is 0 Å². The first-order valence-electron chi connectivity index (χ1n) is 3.63. The molecule has 1 radical (unpaired) electrons. The van der Waals surface area contributed by atoms with Crippen LogP contribution in [-0.2, 0) is 0 Å². The molecule has 0 spiro atoms. The molecule has 0 fully saturated rings. The van der Waals surface area contributed by atoms with E-state index in [4.69, 9.17) is 0 Å². The highest BCUT2D eigenvalue weighted by Gasteiger charge is 1.97. The number of imidazole rings is 1. The highest BCUT2D eigenvalue weighted by molar-refractivity contribution is 5.75. The Labute approximate surface area is 65.5 Å². The Morgan fingerprint density at radius 2 is 2.18 bits per heavy atom. The van der Waals surface area contributed by atoms with Gasteiger partial charge in [0.2, 0.25) is 0 Å². The fourth-order valence-corrected chi connectivity index (χ4v) is 1.18. The van der Waals surface area contributed by atoms with Crippen LogP contribution in [0.15, 0.2) is 30.6 Å². The van der Waals surface area contributed by atoms with Crippen LogP contribution in [0, 0.1) is 6.54 Å². The SMILES string of the molecule is C[CH]n1cnc2ccccc21. The van der Waals surface area contributed by atoms with Gasteiger partial charge in [-0.15, -0.1) is 0 Å². The maximum atomic E-state index is 4.22. The zero-order chi connectivity index (χ0) is 7.68. The zero-order valence-corrected chi connectivity index (χ0v) is 6.36. The van der Waals surface area contributed by atoms with Crippen molar-refractivity contribution in [1.82, 2.24) is 9.55 Å². The molecular weight excluding hydrogens is 136 g/mol. The van der Waals surface area contributed by atoms with Gasteiger partial charge in [0.15, 0.2) is 0 Å². The van der Waals surface area contributed by atoms with Crippen molar-refractivity contribution in [3.05, 3.63) is 37.1 Å². The minimum absolute atomic E-state index is 1.05. The average molecular weight is 145 g/mol. The molecule has 0 saturated carbocycles. The third-order valence-corrected chi connectivity index (χ3v) is 1.76. The Hall–Kier alpha value is -1.31. The fraction of sp³-hybridized carbons (Fsp3) is 0.111. The molecule has 0 unspecified atom stereocenters. The number of hydrogen-bond acceptors (Lipinski definition) is 1. The predicted molar refractivity (Wildman–Crippen MR) is 45.1 cm³/mol. The lowest BCUT2D eigenvalue weighted by atomic mass is 10.3. The fourth-order valence-electron chi connectivity index (χ4n) is 1.18. The molecule has 2 heteroatoms. The van der Waals surface area contributed by atoms with Crippen molar-refractivity contribution in [3.8, 4) is 0 Å². The first-order chi connectivity index (χ1) is 5.42. The lowest BCUT2D eigenvalue weighted by Gasteiger charge is -1.95. The first kappa shape index (κ1) is 6.40. The van der Waals surface area contributed by atoms with Crippen LogP contribution < -0.4 is 0 Å². The normalized spacial score (nSPS) is 10.6. The molecule has 2 aromatic rings. The van der Waals surface area contributed by atoms with E-state index in [2.05, 4.69) is 11.1 Å². The van der Waals surface area contributed by atoms with Crippen LogP contribution in [0.25, 0.3) is 11.0 Å². The van der Waals surface area contributed by atoms with Crippen molar-refractivity contribution in [2.24, 2.45) is 0 Å². The van der Waals surface area contributed by atoms with Gasteiger partial charge in [-0.25, -0.2) is 4.98 Å². The standard InChI is InChI=1S/C9H9N2/c1-2-11-7-10-8-5-3-4-6-9(8)11/h2-7H,1H3. The topological polar surface area (TPSA) is 17.8 Å². The van der Waals surface area contributed by atoms with Crippen LogP contribution in [0.5, 0.6) is 0 Å². The summed E-state index contributed by atoms with van der Waals surface area (Å²) in [6.07, 6.45) is 1.82. The van der Waals surface area contributed by atoms with E-state index in [1.54, 1.807) is 0 Å². The van der Waals surface area contributed by atoms with Crippen molar-refractivity contribution in [2.75, 3.05) is 0 Å². The van der Waals surface area contributed by atoms with Crippen molar-refractivity contribution in [2.45, 2.75) is 6.92 Å². The Balaban J connectivity index is 2.76. The quantitative estimate of drug-likeness (QED) is 0.600. The average Bonchev–Trinajstić information content (AvgIpc) is 2.47. The van der Waals surface area contributed by atoms with Gasteiger partial charge in [-0.05, 0) is 19.1 Å². The second kappa shape index (κ2) is 2.38. The van der Waals surface area contributed by atoms with Gasteiger partial charge in [-0.2, -0.15) is 0 Å². The maximum Gasteiger partial charge on any atom is 0.0961 e. The monoisotopic (exact) mass is 145 g/mol. The second-order valence-corrected chi connectivity index (χ2v) is 2.40. The molecule has 0 atom stereocenters. The van der Waals surface area contributed by atoms with E-state index >= 15 is 0 Å². The maximum absolute atomic E-state index is 4.22. The van der Waals surface area contributed by atoms with Crippen LogP contribution in [-0.4, -0.2) is 9.55 Å². The summed E-state index contributed by atoms with van der Waals surface area (Å²) in [7, 11) is 0. The summed E-state index contributed by atoms with van der Waals surface area (Å²) < 4.78 is 2.01. The third kappa shape index (κ3) is 0.909. The summed E-state index contributed by atoms with van der Waals surface area (Å²) in [5, 5.41) is 0. The van der Waals surface area contributed by atoms with E-state index in [0.717, 1.165) is 11.0 Å². The molecule has 0 aliphatic rings. The molecule has 1 aromatic carbocycles. The Bertz CT molecular complexity index is 362. The number of hydrogen-bond donors (Lipinski definition) is 0. The minimum atomic E-state index is 1.05. The van der Waals surface area contributed by atoms with E-state index in [9.17, 15) is 0 Å². The van der Waals surface area contributed by atoms with Crippen LogP contribution in [0.1, 0.15) is 6.92 Å². The molecule has 55 valence electrons. The van der Waals surface area contributed by atoms with Crippen LogP contribution in [0.2, 0.25) is 0 Å². The predicted octanol–water partition coefficient (Wildman–Crippen LogP) is 2.07. The van der Waals surface area contributed by atoms with Gasteiger partial charge in [-0.1, -0.05) is 12.1 Å². The van der Waals surface area contributed by atoms with Gasteiger partial charge in [0, 0.05) is 0 Å². The van der Waals surface area contributed by atoms with Crippen molar-refractivity contribution >= 4 is 11.0 Å². The summed E-state index contributed by atoms with van der Waals surface area (Å²) >= 11 is 0. The second-order valence-electron chi connectivity index (χ2n) is 2.40. The molecule has 0 bridgehead atoms. The lowest BCUT2D eigenvalue weighted by Crippen LogP contribution is -1.86. The Kier molecular flexibility index (Phi) is 1.39. The zero-order valence-electron chi connectivity index (χ0n) is 6.36. The molecule has 1 heterocycles. The van der Waals surface area contributed by atoms with E-state index in [1.807, 2.05) is 42.6 Å². The summed E-state index contributed by atoms with van der Waals surface area (Å²) in [5.74, 6) is 0. The third-order valence-electron chi connectivity index (χ3n) is 1.76. The Morgan fingerprint density at radius 3 is 3.00 bits per heavy atom. The summed E-state index contributed by atoms with van der Waals surface area (Å²) in [6, 6.07) is 8.08. The Morgan fingerprint density at radius 1 is 1.36 bits per heavy atom. The van der Waals surface area contributed by atoms with Crippen LogP contribution >= 0.6 is 0 Å². The molecule has 2 nitrogen and oxygen atoms in total. The van der Waals surface area contributed by atoms with Crippen molar-refractivity contribution in [1.29, 1.82) is 0 Å². The molecule has 2 rings (SSSR count). The van der Waals surface area contributed by atoms with Gasteiger partial charge < -0.3 is 4.57 Å². The van der Waals surface area contributed by atoms with Crippen molar-refractivity contribution in [3.63, 3.8) is 0 Å². The molecule has 1 aromatic heterocycles. The van der Waals surface area contributed by atoms with E-state index in [-0.39, 0.29) is 0 Å². The molecule has 0 saturated heterocycles. The number of rotatable bonds is 1. The lowest BCUT2D eigenvalue weighted by molar-refractivity contribution is 0.988. The molecule has 0 N–H and O–H groups in total. The number of aromatic nitrogens is 2. The van der Waals surface area contributed by atoms with Gasteiger partial charge >= 0.3 is 0 Å². The summed E-state index contributed by atoms with van der Waals surface area (Å²) in [5.41, 5.74) is 2.21. The largest absolute Gasteiger partial charge is 0.326 e. The molecular formula is C9H9N2. The number of para-hydroxylation sites is 2. The molecule has 0 aliphatic carbocycles. The van der Waals surface area contributed by atoms with Gasteiger partial charge in [-0.3, -0.25) is 0 Å². The van der Waals surface area contributed by atoms with Crippen LogP contribution in [0.3, 0.4) is 0 Å². The van der Waals surface area contributed by atoms with Gasteiger partial charge in [0.25, 0.3) is 0 Å². The highest BCUT2D eigenvalue weighted by atomic mass is 15.0. The number of benzene rings is 1. The molecule has 0 amide bonds. The first-order valence-corrected chi connectivity index (χ1v) is 3.63. The minimum Gasteiger partial charge on any atom is -0.326 e.